The third-order valence-electron chi connectivity index (χ3n) is 3.40. The second-order valence-electron chi connectivity index (χ2n) is 4.53. The lowest BCUT2D eigenvalue weighted by molar-refractivity contribution is 0.397. The van der Waals surface area contributed by atoms with E-state index in [1.54, 1.807) is 6.07 Å². The predicted molar refractivity (Wildman–Crippen MR) is 65.2 cm³/mol. The van der Waals surface area contributed by atoms with Crippen molar-refractivity contribution >= 4 is 0 Å². The average Bonchev–Trinajstić information content (AvgIpc) is 2.34. The molecule has 0 fully saturated rings. The first-order chi connectivity index (χ1) is 8.56. The van der Waals surface area contributed by atoms with Gasteiger partial charge in [0.05, 0.1) is 0 Å². The molecule has 1 aliphatic carbocycles. The Balaban J connectivity index is 2.15. The van der Waals surface area contributed by atoms with Crippen molar-refractivity contribution in [3.8, 4) is 23.0 Å². The Morgan fingerprint density at radius 1 is 0.667 bits per heavy atom. The van der Waals surface area contributed by atoms with Gasteiger partial charge in [-0.3, -0.25) is 0 Å². The van der Waals surface area contributed by atoms with Crippen molar-refractivity contribution < 1.29 is 20.4 Å². The zero-order valence-corrected chi connectivity index (χ0v) is 9.51. The van der Waals surface area contributed by atoms with E-state index < -0.39 is 0 Å². The molecule has 0 bridgehead atoms. The maximum absolute atomic E-state index is 9.83. The lowest BCUT2D eigenvalue weighted by Crippen LogP contribution is -2.07. The van der Waals surface area contributed by atoms with Crippen LogP contribution >= 0.6 is 0 Å². The molecule has 0 saturated heterocycles. The van der Waals surface area contributed by atoms with Crippen LogP contribution in [-0.4, -0.2) is 20.4 Å². The second-order valence-corrected chi connectivity index (χ2v) is 4.53. The molecule has 92 valence electrons. The quantitative estimate of drug-likeness (QED) is 0.456. The normalized spacial score (nSPS) is 12.9. The minimum Gasteiger partial charge on any atom is -0.504 e. The summed E-state index contributed by atoms with van der Waals surface area (Å²) in [7, 11) is 0. The van der Waals surface area contributed by atoms with E-state index in [1.165, 1.54) is 18.2 Å². The van der Waals surface area contributed by atoms with Crippen molar-refractivity contribution in [3.05, 3.63) is 46.5 Å². The third kappa shape index (κ3) is 1.46. The summed E-state index contributed by atoms with van der Waals surface area (Å²) in [5.41, 5.74) is 3.36. The second kappa shape index (κ2) is 3.57. The van der Waals surface area contributed by atoms with Crippen LogP contribution in [0.3, 0.4) is 0 Å². The van der Waals surface area contributed by atoms with Gasteiger partial charge in [0.1, 0.15) is 0 Å². The van der Waals surface area contributed by atoms with Crippen LogP contribution in [0.25, 0.3) is 0 Å². The van der Waals surface area contributed by atoms with Crippen molar-refractivity contribution in [3.63, 3.8) is 0 Å². The van der Waals surface area contributed by atoms with Crippen LogP contribution in [0.15, 0.2) is 24.3 Å². The largest absolute Gasteiger partial charge is 0.504 e. The Labute approximate surface area is 103 Å². The smallest absolute Gasteiger partial charge is 0.161 e. The number of benzene rings is 2. The summed E-state index contributed by atoms with van der Waals surface area (Å²) in [5, 5.41) is 38.3. The van der Waals surface area contributed by atoms with Gasteiger partial charge in [0.2, 0.25) is 0 Å². The first-order valence-electron chi connectivity index (χ1n) is 5.62. The Hall–Kier alpha value is -2.36. The van der Waals surface area contributed by atoms with E-state index in [1.807, 2.05) is 0 Å². The Kier molecular flexibility index (Phi) is 2.13. The maximum atomic E-state index is 9.83. The fourth-order valence-corrected chi connectivity index (χ4v) is 2.42. The maximum Gasteiger partial charge on any atom is 0.161 e. The van der Waals surface area contributed by atoms with Crippen LogP contribution < -0.4 is 0 Å². The van der Waals surface area contributed by atoms with Gasteiger partial charge in [-0.2, -0.15) is 0 Å². The SMILES string of the molecule is Oc1cc2c(cc1O)Cc1c(ccc(O)c1O)C2. The molecule has 0 amide bonds. The molecular formula is C14H12O4. The molecule has 0 aliphatic heterocycles. The molecule has 4 N–H and O–H groups in total. The molecule has 0 atom stereocenters. The van der Waals surface area contributed by atoms with E-state index in [0.29, 0.717) is 18.4 Å². The molecule has 0 spiro atoms. The molecule has 2 aromatic carbocycles. The molecular weight excluding hydrogens is 232 g/mol. The summed E-state index contributed by atoms with van der Waals surface area (Å²) in [4.78, 5) is 0. The molecule has 0 unspecified atom stereocenters. The first-order valence-corrected chi connectivity index (χ1v) is 5.62. The van der Waals surface area contributed by atoms with Crippen molar-refractivity contribution in [2.45, 2.75) is 12.8 Å². The van der Waals surface area contributed by atoms with E-state index in [9.17, 15) is 20.4 Å². The topological polar surface area (TPSA) is 80.9 Å². The van der Waals surface area contributed by atoms with Crippen LogP contribution in [0, 0.1) is 0 Å². The minimum atomic E-state index is -0.170. The highest BCUT2D eigenvalue weighted by molar-refractivity contribution is 5.58. The summed E-state index contributed by atoms with van der Waals surface area (Å²) in [6, 6.07) is 6.26. The van der Waals surface area contributed by atoms with Gasteiger partial charge in [0.25, 0.3) is 0 Å². The summed E-state index contributed by atoms with van der Waals surface area (Å²) < 4.78 is 0. The van der Waals surface area contributed by atoms with E-state index in [0.717, 1.165) is 16.7 Å². The van der Waals surface area contributed by atoms with Crippen LogP contribution in [-0.2, 0) is 12.8 Å². The van der Waals surface area contributed by atoms with E-state index in [4.69, 9.17) is 0 Å². The Morgan fingerprint density at radius 2 is 1.28 bits per heavy atom. The zero-order chi connectivity index (χ0) is 12.9. The van der Waals surface area contributed by atoms with Gasteiger partial charge in [-0.25, -0.2) is 0 Å². The van der Waals surface area contributed by atoms with E-state index in [-0.39, 0.29) is 23.0 Å². The first kappa shape index (κ1) is 10.8. The number of phenolic OH excluding ortho intramolecular Hbond substituents is 4. The average molecular weight is 244 g/mol. The van der Waals surface area contributed by atoms with Crippen molar-refractivity contribution in [1.29, 1.82) is 0 Å². The molecule has 1 aliphatic rings. The van der Waals surface area contributed by atoms with Crippen LogP contribution in [0.5, 0.6) is 23.0 Å². The van der Waals surface area contributed by atoms with Crippen molar-refractivity contribution in [2.75, 3.05) is 0 Å². The molecule has 0 heterocycles. The molecule has 4 heteroatoms. The number of hydrogen-bond donors (Lipinski definition) is 4. The number of rotatable bonds is 0. The minimum absolute atomic E-state index is 0.106. The summed E-state index contributed by atoms with van der Waals surface area (Å²) in [5.74, 6) is -0.553. The number of fused-ring (bicyclic) bond motifs is 2. The molecule has 0 saturated carbocycles. The Morgan fingerprint density at radius 3 is 1.94 bits per heavy atom. The highest BCUT2D eigenvalue weighted by Crippen LogP contribution is 2.40. The fraction of sp³-hybridized carbons (Fsp3) is 0.143. The standard InChI is InChI=1S/C14H12O4/c15-11-2-1-7-3-8-5-12(16)13(17)6-9(8)4-10(7)14(11)18/h1-2,5-6,15-18H,3-4H2. The van der Waals surface area contributed by atoms with Gasteiger partial charge in [-0.1, -0.05) is 6.07 Å². The third-order valence-corrected chi connectivity index (χ3v) is 3.40. The van der Waals surface area contributed by atoms with Crippen molar-refractivity contribution in [2.24, 2.45) is 0 Å². The number of phenols is 4. The molecule has 0 aromatic heterocycles. The van der Waals surface area contributed by atoms with Gasteiger partial charge in [-0.05, 0) is 41.3 Å². The number of hydrogen-bond acceptors (Lipinski definition) is 4. The fourth-order valence-electron chi connectivity index (χ4n) is 2.42. The number of aromatic hydroxyl groups is 4. The molecule has 18 heavy (non-hydrogen) atoms. The lowest BCUT2D eigenvalue weighted by atomic mass is 9.85. The summed E-state index contributed by atoms with van der Waals surface area (Å²) in [6.45, 7) is 0. The van der Waals surface area contributed by atoms with Crippen molar-refractivity contribution in [1.82, 2.24) is 0 Å². The predicted octanol–water partition coefficient (Wildman–Crippen LogP) is 2.00. The highest BCUT2D eigenvalue weighted by Gasteiger charge is 2.21. The molecule has 4 nitrogen and oxygen atoms in total. The molecule has 2 aromatic rings. The Bertz CT molecular complexity index is 647. The van der Waals surface area contributed by atoms with Gasteiger partial charge in [0.15, 0.2) is 23.0 Å². The molecule has 0 radical (unpaired) electrons. The van der Waals surface area contributed by atoms with Crippen LogP contribution in [0.4, 0.5) is 0 Å². The van der Waals surface area contributed by atoms with Gasteiger partial charge < -0.3 is 20.4 Å². The van der Waals surface area contributed by atoms with Gasteiger partial charge >= 0.3 is 0 Å². The zero-order valence-electron chi connectivity index (χ0n) is 9.51. The van der Waals surface area contributed by atoms with Crippen LogP contribution in [0.2, 0.25) is 0 Å². The molecule has 3 rings (SSSR count). The van der Waals surface area contributed by atoms with E-state index in [2.05, 4.69) is 0 Å². The monoisotopic (exact) mass is 244 g/mol. The summed E-state index contributed by atoms with van der Waals surface area (Å²) >= 11 is 0. The van der Waals surface area contributed by atoms with Gasteiger partial charge in [-0.15, -0.1) is 0 Å². The van der Waals surface area contributed by atoms with Gasteiger partial charge in [0, 0.05) is 12.0 Å². The highest BCUT2D eigenvalue weighted by atomic mass is 16.3. The van der Waals surface area contributed by atoms with E-state index >= 15 is 0 Å². The summed E-state index contributed by atoms with van der Waals surface area (Å²) in [6.07, 6.45) is 0.991. The lowest BCUT2D eigenvalue weighted by Gasteiger charge is -2.21. The van der Waals surface area contributed by atoms with Crippen LogP contribution in [0.1, 0.15) is 22.3 Å².